The average molecular weight is 366 g/mol. The van der Waals surface area contributed by atoms with Crippen molar-refractivity contribution in [2.24, 2.45) is 0 Å². The number of imidazole rings is 1. The second-order valence-corrected chi connectivity index (χ2v) is 7.30. The number of carbonyl (C=O) groups is 1. The second kappa shape index (κ2) is 7.31. The highest BCUT2D eigenvalue weighted by Crippen LogP contribution is 2.20. The van der Waals surface area contributed by atoms with Crippen molar-refractivity contribution in [2.45, 2.75) is 39.8 Å². The Kier molecular flexibility index (Phi) is 5.08. The summed E-state index contributed by atoms with van der Waals surface area (Å²) in [6.45, 7) is 8.18. The molecule has 0 aliphatic carbocycles. The molecule has 0 radical (unpaired) electrons. The molecular formula is C21H26N4O2. The van der Waals surface area contributed by atoms with Crippen LogP contribution in [0.3, 0.4) is 0 Å². The summed E-state index contributed by atoms with van der Waals surface area (Å²) >= 11 is 0. The van der Waals surface area contributed by atoms with Gasteiger partial charge in [0.2, 0.25) is 5.91 Å². The van der Waals surface area contributed by atoms with Crippen molar-refractivity contribution in [2.75, 3.05) is 12.4 Å². The summed E-state index contributed by atoms with van der Waals surface area (Å²) in [4.78, 5) is 20.5. The van der Waals surface area contributed by atoms with Gasteiger partial charge in [0.25, 0.3) is 0 Å². The van der Waals surface area contributed by atoms with Crippen molar-refractivity contribution in [1.29, 1.82) is 0 Å². The first-order chi connectivity index (χ1) is 12.8. The Morgan fingerprint density at radius 2 is 1.81 bits per heavy atom. The molecule has 1 heterocycles. The van der Waals surface area contributed by atoms with E-state index in [1.165, 1.54) is 11.1 Å². The van der Waals surface area contributed by atoms with E-state index < -0.39 is 5.54 Å². The van der Waals surface area contributed by atoms with E-state index in [1.54, 1.807) is 7.11 Å². The zero-order valence-corrected chi connectivity index (χ0v) is 16.4. The summed E-state index contributed by atoms with van der Waals surface area (Å²) in [7, 11) is 1.63. The fourth-order valence-electron chi connectivity index (χ4n) is 2.88. The fraction of sp³-hybridized carbons (Fsp3) is 0.333. The molecule has 0 aliphatic heterocycles. The van der Waals surface area contributed by atoms with Crippen LogP contribution in [0.25, 0.3) is 11.0 Å². The van der Waals surface area contributed by atoms with Crippen LogP contribution in [0.1, 0.15) is 30.8 Å². The number of rotatable bonds is 6. The van der Waals surface area contributed by atoms with E-state index in [-0.39, 0.29) is 5.91 Å². The van der Waals surface area contributed by atoms with Crippen LogP contribution in [-0.2, 0) is 11.3 Å². The number of aromatic nitrogens is 2. The molecule has 3 rings (SSSR count). The Bertz CT molecular complexity index is 919. The minimum atomic E-state index is -0.770. The van der Waals surface area contributed by atoms with Crippen LogP contribution in [-0.4, -0.2) is 28.5 Å². The zero-order chi connectivity index (χ0) is 19.6. The molecular weight excluding hydrogens is 340 g/mol. The van der Waals surface area contributed by atoms with Crippen LogP contribution in [0.4, 0.5) is 5.69 Å². The minimum Gasteiger partial charge on any atom is -0.497 e. The van der Waals surface area contributed by atoms with Gasteiger partial charge in [-0.2, -0.15) is 0 Å². The number of nitrogens with zero attached hydrogens (tertiary/aromatic N) is 1. The lowest BCUT2D eigenvalue weighted by molar-refractivity contribution is -0.124. The topological polar surface area (TPSA) is 79.0 Å². The van der Waals surface area contributed by atoms with Crippen LogP contribution >= 0.6 is 0 Å². The highest BCUT2D eigenvalue weighted by molar-refractivity contribution is 5.88. The number of fused-ring (bicyclic) bond motifs is 1. The quantitative estimate of drug-likeness (QED) is 0.622. The molecule has 0 fully saturated rings. The highest BCUT2D eigenvalue weighted by atomic mass is 16.5. The average Bonchev–Trinajstić information content (AvgIpc) is 3.02. The summed E-state index contributed by atoms with van der Waals surface area (Å²) in [5.41, 5.74) is 4.40. The van der Waals surface area contributed by atoms with Crippen LogP contribution in [0.15, 0.2) is 36.4 Å². The molecule has 2 aromatic carbocycles. The van der Waals surface area contributed by atoms with Crippen LogP contribution in [0.5, 0.6) is 5.75 Å². The van der Waals surface area contributed by atoms with Crippen LogP contribution in [0, 0.1) is 13.8 Å². The van der Waals surface area contributed by atoms with Gasteiger partial charge in [-0.3, -0.25) is 4.79 Å². The number of nitrogens with one attached hydrogen (secondary N) is 3. The smallest absolute Gasteiger partial charge is 0.245 e. The number of H-pyrrole nitrogens is 1. The van der Waals surface area contributed by atoms with E-state index in [0.717, 1.165) is 28.3 Å². The van der Waals surface area contributed by atoms with Gasteiger partial charge in [-0.25, -0.2) is 4.98 Å². The number of methoxy groups -OCH3 is 1. The molecule has 0 unspecified atom stereocenters. The third-order valence-electron chi connectivity index (χ3n) is 4.68. The van der Waals surface area contributed by atoms with Crippen molar-refractivity contribution >= 4 is 22.6 Å². The lowest BCUT2D eigenvalue weighted by Gasteiger charge is -2.26. The predicted octanol–water partition coefficient (Wildman–Crippen LogP) is 3.70. The molecule has 3 aromatic rings. The van der Waals surface area contributed by atoms with Crippen molar-refractivity contribution < 1.29 is 9.53 Å². The molecule has 6 nitrogen and oxygen atoms in total. The third-order valence-corrected chi connectivity index (χ3v) is 4.68. The molecule has 3 N–H and O–H groups in total. The number of hydrogen-bond acceptors (Lipinski definition) is 4. The second-order valence-electron chi connectivity index (χ2n) is 7.30. The van der Waals surface area contributed by atoms with E-state index in [9.17, 15) is 4.79 Å². The number of aryl methyl sites for hydroxylation is 2. The summed E-state index contributed by atoms with van der Waals surface area (Å²) in [6, 6.07) is 11.6. The Labute approximate surface area is 159 Å². The Morgan fingerprint density at radius 3 is 2.48 bits per heavy atom. The largest absolute Gasteiger partial charge is 0.497 e. The number of aromatic amines is 1. The Balaban J connectivity index is 1.65. The first-order valence-corrected chi connectivity index (χ1v) is 8.95. The van der Waals surface area contributed by atoms with Gasteiger partial charge in [0.1, 0.15) is 17.1 Å². The first kappa shape index (κ1) is 18.8. The van der Waals surface area contributed by atoms with E-state index >= 15 is 0 Å². The number of hydrogen-bond donors (Lipinski definition) is 3. The zero-order valence-electron chi connectivity index (χ0n) is 16.4. The molecule has 142 valence electrons. The number of carbonyl (C=O) groups excluding carboxylic acids is 1. The monoisotopic (exact) mass is 366 g/mol. The van der Waals surface area contributed by atoms with Gasteiger partial charge < -0.3 is 20.4 Å². The van der Waals surface area contributed by atoms with E-state index in [0.29, 0.717) is 6.54 Å². The van der Waals surface area contributed by atoms with Gasteiger partial charge in [-0.15, -0.1) is 0 Å². The van der Waals surface area contributed by atoms with Crippen molar-refractivity contribution in [3.8, 4) is 5.75 Å². The summed E-state index contributed by atoms with van der Waals surface area (Å²) in [5.74, 6) is 1.41. The number of benzene rings is 2. The summed E-state index contributed by atoms with van der Waals surface area (Å²) in [5, 5.41) is 6.20. The van der Waals surface area contributed by atoms with Gasteiger partial charge in [-0.05, 0) is 75.2 Å². The Morgan fingerprint density at radius 1 is 1.15 bits per heavy atom. The molecule has 0 bridgehead atoms. The summed E-state index contributed by atoms with van der Waals surface area (Å²) in [6.07, 6.45) is 0. The SMILES string of the molecule is COc1ccc(NC(C)(C)C(=O)NCc2nc3cc(C)c(C)cc3[nH]2)cc1. The molecule has 27 heavy (non-hydrogen) atoms. The molecule has 0 aliphatic rings. The molecule has 0 saturated heterocycles. The molecule has 0 spiro atoms. The molecule has 0 atom stereocenters. The molecule has 1 amide bonds. The van der Waals surface area contributed by atoms with Gasteiger partial charge in [0, 0.05) is 5.69 Å². The van der Waals surface area contributed by atoms with Gasteiger partial charge in [-0.1, -0.05) is 0 Å². The lowest BCUT2D eigenvalue weighted by Crippen LogP contribution is -2.47. The third kappa shape index (κ3) is 4.22. The van der Waals surface area contributed by atoms with Crippen molar-refractivity contribution in [1.82, 2.24) is 15.3 Å². The van der Waals surface area contributed by atoms with Crippen molar-refractivity contribution in [3.63, 3.8) is 0 Å². The molecule has 6 heteroatoms. The number of anilines is 1. The normalized spacial score (nSPS) is 11.4. The predicted molar refractivity (Wildman–Crippen MR) is 108 cm³/mol. The van der Waals surface area contributed by atoms with E-state index in [2.05, 4.69) is 46.6 Å². The van der Waals surface area contributed by atoms with Crippen LogP contribution in [0.2, 0.25) is 0 Å². The van der Waals surface area contributed by atoms with E-state index in [4.69, 9.17) is 4.74 Å². The van der Waals surface area contributed by atoms with Gasteiger partial charge in [0.05, 0.1) is 24.7 Å². The molecule has 1 aromatic heterocycles. The van der Waals surface area contributed by atoms with Crippen molar-refractivity contribution in [3.05, 3.63) is 53.3 Å². The first-order valence-electron chi connectivity index (χ1n) is 8.95. The maximum Gasteiger partial charge on any atom is 0.245 e. The fourth-order valence-corrected chi connectivity index (χ4v) is 2.88. The maximum atomic E-state index is 12.6. The van der Waals surface area contributed by atoms with Gasteiger partial charge in [0.15, 0.2) is 0 Å². The highest BCUT2D eigenvalue weighted by Gasteiger charge is 2.27. The summed E-state index contributed by atoms with van der Waals surface area (Å²) < 4.78 is 5.16. The lowest BCUT2D eigenvalue weighted by atomic mass is 10.0. The Hall–Kier alpha value is -3.02. The maximum absolute atomic E-state index is 12.6. The number of amides is 1. The standard InChI is InChI=1S/C21H26N4O2/c1-13-10-17-18(11-14(13)2)24-19(23-17)12-22-20(26)21(3,4)25-15-6-8-16(27-5)9-7-15/h6-11,25H,12H2,1-5H3,(H,22,26)(H,23,24). The van der Waals surface area contributed by atoms with Crippen LogP contribution < -0.4 is 15.4 Å². The molecule has 0 saturated carbocycles. The van der Waals surface area contributed by atoms with E-state index in [1.807, 2.05) is 38.1 Å². The minimum absolute atomic E-state index is 0.105. The number of ether oxygens (including phenoxy) is 1. The van der Waals surface area contributed by atoms with Gasteiger partial charge >= 0.3 is 0 Å².